The van der Waals surface area contributed by atoms with Crippen LogP contribution in [0.3, 0.4) is 0 Å². The predicted molar refractivity (Wildman–Crippen MR) is 125 cm³/mol. The average Bonchev–Trinajstić information content (AvgIpc) is 2.76. The molecule has 0 aliphatic heterocycles. The van der Waals surface area contributed by atoms with E-state index in [0.717, 1.165) is 12.8 Å². The molecule has 0 saturated carbocycles. The van der Waals surface area contributed by atoms with Crippen LogP contribution in [0.25, 0.3) is 0 Å². The van der Waals surface area contributed by atoms with Crippen LogP contribution >= 0.6 is 0 Å². The first-order valence-corrected chi connectivity index (χ1v) is 12.2. The maximum absolute atomic E-state index is 13.7. The molecule has 0 bridgehead atoms. The van der Waals surface area contributed by atoms with E-state index in [1.807, 2.05) is 0 Å². The van der Waals surface area contributed by atoms with E-state index in [9.17, 15) is 14.0 Å². The molecule has 0 aliphatic carbocycles. The number of hydrogen-bond donors (Lipinski definition) is 0. The SMILES string of the molecule is CCCCCCCCCCCCCCCCOC(=O)CN(C)C(=O)c1ccccc1F. The van der Waals surface area contributed by atoms with Gasteiger partial charge in [0.2, 0.25) is 0 Å². The van der Waals surface area contributed by atoms with Gasteiger partial charge in [0.05, 0.1) is 12.2 Å². The summed E-state index contributed by atoms with van der Waals surface area (Å²) in [4.78, 5) is 25.3. The summed E-state index contributed by atoms with van der Waals surface area (Å²) in [7, 11) is 1.47. The molecule has 0 aliphatic rings. The average molecular weight is 436 g/mol. The van der Waals surface area contributed by atoms with E-state index in [0.29, 0.717) is 6.61 Å². The Bertz CT molecular complexity index is 620. The van der Waals surface area contributed by atoms with Crippen molar-refractivity contribution in [2.75, 3.05) is 20.2 Å². The highest BCUT2D eigenvalue weighted by molar-refractivity contribution is 5.96. The molecule has 5 heteroatoms. The van der Waals surface area contributed by atoms with Gasteiger partial charge in [0.15, 0.2) is 0 Å². The smallest absolute Gasteiger partial charge is 0.325 e. The highest BCUT2D eigenvalue weighted by atomic mass is 19.1. The Morgan fingerprint density at radius 3 is 1.81 bits per heavy atom. The number of halogens is 1. The second kappa shape index (κ2) is 17.7. The van der Waals surface area contributed by atoms with Gasteiger partial charge in [0.25, 0.3) is 5.91 Å². The molecule has 4 nitrogen and oxygen atoms in total. The van der Waals surface area contributed by atoms with E-state index < -0.39 is 17.7 Å². The molecular weight excluding hydrogens is 393 g/mol. The zero-order valence-electron chi connectivity index (χ0n) is 19.7. The van der Waals surface area contributed by atoms with Gasteiger partial charge < -0.3 is 9.64 Å². The van der Waals surface area contributed by atoms with Gasteiger partial charge >= 0.3 is 5.97 Å². The lowest BCUT2D eigenvalue weighted by molar-refractivity contribution is -0.144. The molecule has 31 heavy (non-hydrogen) atoms. The van der Waals surface area contributed by atoms with E-state index in [4.69, 9.17) is 4.74 Å². The predicted octanol–water partition coefficient (Wildman–Crippen LogP) is 6.92. The minimum absolute atomic E-state index is 0.0372. The molecule has 0 atom stereocenters. The molecule has 0 radical (unpaired) electrons. The number of hydrogen-bond acceptors (Lipinski definition) is 3. The van der Waals surface area contributed by atoms with Crippen molar-refractivity contribution >= 4 is 11.9 Å². The lowest BCUT2D eigenvalue weighted by Gasteiger charge is -2.16. The minimum Gasteiger partial charge on any atom is -0.464 e. The number of nitrogens with zero attached hydrogens (tertiary/aromatic N) is 1. The van der Waals surface area contributed by atoms with Gasteiger partial charge in [-0.15, -0.1) is 0 Å². The van der Waals surface area contributed by atoms with Gasteiger partial charge in [-0.25, -0.2) is 4.39 Å². The van der Waals surface area contributed by atoms with E-state index in [1.165, 1.54) is 107 Å². The highest BCUT2D eigenvalue weighted by Gasteiger charge is 2.18. The van der Waals surface area contributed by atoms with Crippen molar-refractivity contribution in [2.24, 2.45) is 0 Å². The Labute approximate surface area is 188 Å². The third kappa shape index (κ3) is 13.2. The number of esters is 1. The summed E-state index contributed by atoms with van der Waals surface area (Å²) in [6, 6.07) is 5.76. The zero-order valence-corrected chi connectivity index (χ0v) is 19.7. The van der Waals surface area contributed by atoms with Crippen LogP contribution in [0.15, 0.2) is 24.3 Å². The summed E-state index contributed by atoms with van der Waals surface area (Å²) >= 11 is 0. The van der Waals surface area contributed by atoms with Crippen molar-refractivity contribution in [3.8, 4) is 0 Å². The third-order valence-corrected chi connectivity index (χ3v) is 5.58. The van der Waals surface area contributed by atoms with Crippen LogP contribution in [0.4, 0.5) is 4.39 Å². The van der Waals surface area contributed by atoms with Crippen molar-refractivity contribution in [1.29, 1.82) is 0 Å². The second-order valence-corrected chi connectivity index (χ2v) is 8.46. The zero-order chi connectivity index (χ0) is 22.7. The summed E-state index contributed by atoms with van der Waals surface area (Å²) in [5, 5.41) is 0. The Morgan fingerprint density at radius 2 is 1.29 bits per heavy atom. The largest absolute Gasteiger partial charge is 0.464 e. The molecule has 0 heterocycles. The van der Waals surface area contributed by atoms with Crippen molar-refractivity contribution in [1.82, 2.24) is 4.90 Å². The maximum Gasteiger partial charge on any atom is 0.325 e. The number of carbonyl (C=O) groups is 2. The molecule has 1 aromatic rings. The van der Waals surface area contributed by atoms with Crippen LogP contribution < -0.4 is 0 Å². The maximum atomic E-state index is 13.7. The van der Waals surface area contributed by atoms with Crippen LogP contribution in [0.1, 0.15) is 107 Å². The van der Waals surface area contributed by atoms with E-state index in [2.05, 4.69) is 6.92 Å². The molecular formula is C26H42FNO3. The fourth-order valence-electron chi connectivity index (χ4n) is 3.63. The van der Waals surface area contributed by atoms with Crippen molar-refractivity contribution in [2.45, 2.75) is 96.8 Å². The van der Waals surface area contributed by atoms with Gasteiger partial charge in [0.1, 0.15) is 12.4 Å². The lowest BCUT2D eigenvalue weighted by Crippen LogP contribution is -2.33. The van der Waals surface area contributed by atoms with E-state index in [1.54, 1.807) is 6.07 Å². The number of rotatable bonds is 18. The second-order valence-electron chi connectivity index (χ2n) is 8.46. The Kier molecular flexibility index (Phi) is 15.5. The summed E-state index contributed by atoms with van der Waals surface area (Å²) in [5.41, 5.74) is -0.0372. The van der Waals surface area contributed by atoms with Gasteiger partial charge in [-0.05, 0) is 18.6 Å². The summed E-state index contributed by atoms with van der Waals surface area (Å²) in [6.45, 7) is 2.46. The summed E-state index contributed by atoms with van der Waals surface area (Å²) < 4.78 is 18.9. The number of carbonyl (C=O) groups excluding carboxylic acids is 2. The standard InChI is InChI=1S/C26H42FNO3/c1-3-4-5-6-7-8-9-10-11-12-13-14-15-18-21-31-25(29)22-28(2)26(30)23-19-16-17-20-24(23)27/h16-17,19-20H,3-15,18,21-22H2,1-2H3. The lowest BCUT2D eigenvalue weighted by atomic mass is 10.0. The molecule has 0 saturated heterocycles. The molecule has 176 valence electrons. The molecule has 0 fully saturated rings. The summed E-state index contributed by atoms with van der Waals surface area (Å²) in [5.74, 6) is -1.57. The monoisotopic (exact) mass is 435 g/mol. The van der Waals surface area contributed by atoms with Crippen molar-refractivity contribution in [3.63, 3.8) is 0 Å². The molecule has 0 spiro atoms. The first kappa shape index (κ1) is 27.1. The highest BCUT2D eigenvalue weighted by Crippen LogP contribution is 2.13. The van der Waals surface area contributed by atoms with Crippen molar-refractivity contribution in [3.05, 3.63) is 35.6 Å². The van der Waals surface area contributed by atoms with E-state index >= 15 is 0 Å². The molecule has 0 unspecified atom stereocenters. The molecule has 0 aromatic heterocycles. The quantitative estimate of drug-likeness (QED) is 0.186. The third-order valence-electron chi connectivity index (χ3n) is 5.58. The molecule has 1 amide bonds. The fraction of sp³-hybridized carbons (Fsp3) is 0.692. The first-order chi connectivity index (χ1) is 15.1. The molecule has 1 aromatic carbocycles. The number of unbranched alkanes of at least 4 members (excludes halogenated alkanes) is 13. The normalized spacial score (nSPS) is 10.8. The topological polar surface area (TPSA) is 46.6 Å². The van der Waals surface area contributed by atoms with Gasteiger partial charge in [-0.2, -0.15) is 0 Å². The van der Waals surface area contributed by atoms with Crippen LogP contribution in [0.5, 0.6) is 0 Å². The molecule has 0 N–H and O–H groups in total. The van der Waals surface area contributed by atoms with Crippen LogP contribution in [-0.2, 0) is 9.53 Å². The Balaban J connectivity index is 1.94. The minimum atomic E-state index is -0.588. The van der Waals surface area contributed by atoms with Gasteiger partial charge in [-0.3, -0.25) is 9.59 Å². The number of likely N-dealkylation sites (N-methyl/N-ethyl adjacent to an activating group) is 1. The summed E-state index contributed by atoms with van der Waals surface area (Å²) in [6.07, 6.45) is 17.9. The van der Waals surface area contributed by atoms with Gasteiger partial charge in [-0.1, -0.05) is 103 Å². The number of ether oxygens (including phenoxy) is 1. The van der Waals surface area contributed by atoms with Crippen LogP contribution in [0, 0.1) is 5.82 Å². The van der Waals surface area contributed by atoms with Crippen molar-refractivity contribution < 1.29 is 18.7 Å². The number of amides is 1. The number of benzene rings is 1. The van der Waals surface area contributed by atoms with Crippen LogP contribution in [0.2, 0.25) is 0 Å². The van der Waals surface area contributed by atoms with E-state index in [-0.39, 0.29) is 12.1 Å². The molecule has 1 rings (SSSR count). The Morgan fingerprint density at radius 1 is 0.806 bits per heavy atom. The van der Waals surface area contributed by atoms with Crippen LogP contribution in [-0.4, -0.2) is 37.0 Å². The first-order valence-electron chi connectivity index (χ1n) is 12.2. The Hall–Kier alpha value is -1.91. The van der Waals surface area contributed by atoms with Gasteiger partial charge in [0, 0.05) is 7.05 Å². The fourth-order valence-corrected chi connectivity index (χ4v) is 3.63.